The highest BCUT2D eigenvalue weighted by Crippen LogP contribution is 2.30. The van der Waals surface area contributed by atoms with E-state index in [1.165, 1.54) is 12.1 Å². The van der Waals surface area contributed by atoms with E-state index in [2.05, 4.69) is 24.3 Å². The maximum atomic E-state index is 12.8. The summed E-state index contributed by atoms with van der Waals surface area (Å²) >= 11 is 0. The third-order valence-corrected chi connectivity index (χ3v) is 5.64. The van der Waals surface area contributed by atoms with E-state index in [0.29, 0.717) is 18.7 Å². The molecule has 3 aromatic rings. The Hall–Kier alpha value is -3.44. The monoisotopic (exact) mass is 415 g/mol. The molecular formula is C26H25NO4. The number of amides is 1. The van der Waals surface area contributed by atoms with Crippen molar-refractivity contribution in [1.82, 2.24) is 4.90 Å². The van der Waals surface area contributed by atoms with Crippen LogP contribution >= 0.6 is 0 Å². The molecule has 0 spiro atoms. The average Bonchev–Trinajstić information content (AvgIpc) is 2.83. The lowest BCUT2D eigenvalue weighted by molar-refractivity contribution is -0.0238. The summed E-state index contributed by atoms with van der Waals surface area (Å²) in [6.07, 6.45) is 1.44. The Morgan fingerprint density at radius 3 is 1.74 bits per heavy atom. The van der Waals surface area contributed by atoms with Crippen LogP contribution in [0.4, 0.5) is 0 Å². The minimum absolute atomic E-state index is 0.0591. The van der Waals surface area contributed by atoms with Gasteiger partial charge in [-0.1, -0.05) is 60.7 Å². The van der Waals surface area contributed by atoms with Crippen LogP contribution in [-0.2, 0) is 4.74 Å². The van der Waals surface area contributed by atoms with E-state index >= 15 is 0 Å². The van der Waals surface area contributed by atoms with Gasteiger partial charge in [0.05, 0.1) is 11.7 Å². The zero-order chi connectivity index (χ0) is 21.6. The smallest absolute Gasteiger partial charge is 0.335 e. The van der Waals surface area contributed by atoms with E-state index in [0.717, 1.165) is 24.0 Å². The Bertz CT molecular complexity index is 971. The Kier molecular flexibility index (Phi) is 6.43. The van der Waals surface area contributed by atoms with Gasteiger partial charge in [-0.15, -0.1) is 0 Å². The zero-order valence-electron chi connectivity index (χ0n) is 17.2. The van der Waals surface area contributed by atoms with Crippen LogP contribution < -0.4 is 0 Å². The van der Waals surface area contributed by atoms with Crippen LogP contribution in [-0.4, -0.2) is 41.1 Å². The summed E-state index contributed by atoms with van der Waals surface area (Å²) in [6.45, 7) is 1.22. The minimum atomic E-state index is -0.997. The van der Waals surface area contributed by atoms with Crippen LogP contribution in [0, 0.1) is 0 Å². The standard InChI is InChI=1S/C26H25NO4/c28-25(21-11-13-22(14-12-21)26(29)30)27-17-15-23(16-18-27)31-24(19-7-3-1-4-8-19)20-9-5-2-6-10-20/h1-14,23-24H,15-18H2,(H,29,30). The summed E-state index contributed by atoms with van der Waals surface area (Å²) in [5.41, 5.74) is 2.92. The molecule has 0 unspecified atom stereocenters. The van der Waals surface area contributed by atoms with Crippen molar-refractivity contribution in [2.45, 2.75) is 25.0 Å². The van der Waals surface area contributed by atoms with Gasteiger partial charge in [0.25, 0.3) is 5.91 Å². The summed E-state index contributed by atoms with van der Waals surface area (Å²) < 4.78 is 6.54. The molecule has 31 heavy (non-hydrogen) atoms. The van der Waals surface area contributed by atoms with E-state index in [1.807, 2.05) is 41.3 Å². The summed E-state index contributed by atoms with van der Waals surface area (Å²) in [6, 6.07) is 26.5. The molecule has 158 valence electrons. The first-order valence-electron chi connectivity index (χ1n) is 10.5. The normalized spacial score (nSPS) is 14.5. The maximum absolute atomic E-state index is 12.8. The van der Waals surface area contributed by atoms with Gasteiger partial charge in [-0.3, -0.25) is 4.79 Å². The molecule has 0 saturated carbocycles. The molecule has 0 atom stereocenters. The molecule has 1 amide bonds. The van der Waals surface area contributed by atoms with Gasteiger partial charge in [-0.05, 0) is 48.2 Å². The third-order valence-electron chi connectivity index (χ3n) is 5.64. The summed E-state index contributed by atoms with van der Waals surface area (Å²) in [7, 11) is 0. The van der Waals surface area contributed by atoms with Crippen LogP contribution in [0.1, 0.15) is 50.8 Å². The number of rotatable bonds is 6. The van der Waals surface area contributed by atoms with Gasteiger partial charge in [0, 0.05) is 18.7 Å². The van der Waals surface area contributed by atoms with Crippen molar-refractivity contribution < 1.29 is 19.4 Å². The second-order valence-electron chi connectivity index (χ2n) is 7.71. The van der Waals surface area contributed by atoms with Gasteiger partial charge < -0.3 is 14.7 Å². The van der Waals surface area contributed by atoms with E-state index < -0.39 is 5.97 Å². The van der Waals surface area contributed by atoms with E-state index in [-0.39, 0.29) is 23.7 Å². The van der Waals surface area contributed by atoms with Crippen LogP contribution in [0.3, 0.4) is 0 Å². The van der Waals surface area contributed by atoms with Crippen molar-refractivity contribution in [2.24, 2.45) is 0 Å². The molecule has 5 nitrogen and oxygen atoms in total. The Morgan fingerprint density at radius 1 is 0.774 bits per heavy atom. The molecule has 1 heterocycles. The second kappa shape index (κ2) is 9.58. The van der Waals surface area contributed by atoms with Crippen molar-refractivity contribution in [3.05, 3.63) is 107 Å². The summed E-state index contributed by atoms with van der Waals surface area (Å²) in [4.78, 5) is 25.6. The maximum Gasteiger partial charge on any atom is 0.335 e. The third kappa shape index (κ3) is 5.01. The SMILES string of the molecule is O=C(O)c1ccc(C(=O)N2CCC(OC(c3ccccc3)c3ccccc3)CC2)cc1. The Labute approximate surface area is 181 Å². The number of carbonyl (C=O) groups is 2. The van der Waals surface area contributed by atoms with Crippen LogP contribution in [0.5, 0.6) is 0 Å². The van der Waals surface area contributed by atoms with Gasteiger partial charge in [-0.2, -0.15) is 0 Å². The number of carboxylic acids is 1. The molecule has 1 aliphatic heterocycles. The number of hydrogen-bond donors (Lipinski definition) is 1. The van der Waals surface area contributed by atoms with Crippen LogP contribution in [0.25, 0.3) is 0 Å². The van der Waals surface area contributed by atoms with Crippen molar-refractivity contribution in [3.8, 4) is 0 Å². The highest BCUT2D eigenvalue weighted by molar-refractivity contribution is 5.96. The first-order chi connectivity index (χ1) is 15.1. The number of piperidine rings is 1. The molecule has 1 aliphatic rings. The first-order valence-corrected chi connectivity index (χ1v) is 10.5. The van der Waals surface area contributed by atoms with Crippen molar-refractivity contribution in [1.29, 1.82) is 0 Å². The molecule has 1 fully saturated rings. The van der Waals surface area contributed by atoms with Crippen LogP contribution in [0.15, 0.2) is 84.9 Å². The number of benzene rings is 3. The summed E-state index contributed by atoms with van der Waals surface area (Å²) in [5, 5.41) is 9.02. The van der Waals surface area contributed by atoms with Crippen molar-refractivity contribution in [3.63, 3.8) is 0 Å². The Morgan fingerprint density at radius 2 is 1.26 bits per heavy atom. The molecular weight excluding hydrogens is 390 g/mol. The topological polar surface area (TPSA) is 66.8 Å². The fourth-order valence-electron chi connectivity index (χ4n) is 3.93. The van der Waals surface area contributed by atoms with E-state index in [1.54, 1.807) is 12.1 Å². The second-order valence-corrected chi connectivity index (χ2v) is 7.71. The number of carboxylic acid groups (broad SMARTS) is 1. The molecule has 1 saturated heterocycles. The van der Waals surface area contributed by atoms with E-state index in [9.17, 15) is 9.59 Å². The highest BCUT2D eigenvalue weighted by Gasteiger charge is 2.27. The molecule has 3 aromatic carbocycles. The number of ether oxygens (including phenoxy) is 1. The van der Waals surface area contributed by atoms with E-state index in [4.69, 9.17) is 9.84 Å². The predicted octanol–water partition coefficient (Wildman–Crippen LogP) is 4.80. The van der Waals surface area contributed by atoms with Gasteiger partial charge >= 0.3 is 5.97 Å². The molecule has 1 N–H and O–H groups in total. The molecule has 0 bridgehead atoms. The fourth-order valence-corrected chi connectivity index (χ4v) is 3.93. The quantitative estimate of drug-likeness (QED) is 0.628. The molecule has 4 rings (SSSR count). The number of hydrogen-bond acceptors (Lipinski definition) is 3. The average molecular weight is 415 g/mol. The predicted molar refractivity (Wildman–Crippen MR) is 118 cm³/mol. The molecule has 0 radical (unpaired) electrons. The summed E-state index contributed by atoms with van der Waals surface area (Å²) in [5.74, 6) is -1.07. The number of aromatic carboxylic acids is 1. The zero-order valence-corrected chi connectivity index (χ0v) is 17.2. The molecule has 0 aliphatic carbocycles. The van der Waals surface area contributed by atoms with Gasteiger partial charge in [0.2, 0.25) is 0 Å². The lowest BCUT2D eigenvalue weighted by atomic mass is 10.00. The number of carbonyl (C=O) groups excluding carboxylic acids is 1. The minimum Gasteiger partial charge on any atom is -0.478 e. The number of nitrogens with zero attached hydrogens (tertiary/aromatic N) is 1. The Balaban J connectivity index is 1.40. The van der Waals surface area contributed by atoms with Crippen molar-refractivity contribution in [2.75, 3.05) is 13.1 Å². The first kappa shape index (κ1) is 20.8. The van der Waals surface area contributed by atoms with Gasteiger partial charge in [0.15, 0.2) is 0 Å². The largest absolute Gasteiger partial charge is 0.478 e. The molecule has 5 heteroatoms. The van der Waals surface area contributed by atoms with Gasteiger partial charge in [-0.25, -0.2) is 4.79 Å². The lowest BCUT2D eigenvalue weighted by Crippen LogP contribution is -2.41. The lowest BCUT2D eigenvalue weighted by Gasteiger charge is -2.34. The molecule has 0 aromatic heterocycles. The highest BCUT2D eigenvalue weighted by atomic mass is 16.5. The number of likely N-dealkylation sites (tertiary alicyclic amines) is 1. The van der Waals surface area contributed by atoms with Crippen LogP contribution in [0.2, 0.25) is 0 Å². The van der Waals surface area contributed by atoms with Gasteiger partial charge in [0.1, 0.15) is 6.10 Å². The van der Waals surface area contributed by atoms with Crippen molar-refractivity contribution >= 4 is 11.9 Å². The fraction of sp³-hybridized carbons (Fsp3) is 0.231.